The Kier molecular flexibility index (Phi) is 6.72. The molecule has 0 unspecified atom stereocenters. The predicted molar refractivity (Wildman–Crippen MR) is 80.6 cm³/mol. The second kappa shape index (κ2) is 8.29. The van der Waals surface area contributed by atoms with E-state index in [0.29, 0.717) is 49.2 Å². The Bertz CT molecular complexity index is 511. The highest BCUT2D eigenvalue weighted by molar-refractivity contribution is 5.97. The Balaban J connectivity index is 2.75. The van der Waals surface area contributed by atoms with Gasteiger partial charge >= 0.3 is 0 Å². The van der Waals surface area contributed by atoms with Crippen LogP contribution in [0.25, 0.3) is 0 Å². The number of primary amides is 1. The Hall–Kier alpha value is -2.04. The molecule has 0 saturated heterocycles. The molecule has 116 valence electrons. The van der Waals surface area contributed by atoms with Gasteiger partial charge < -0.3 is 15.6 Å². The standard InChI is InChI=1S/C16H23NO4/c1-3-6-13-14(21-10-5-4-7-15(17)19)9-8-12(11(2)18)16(13)20/h8-9,20H,3-7,10H2,1-2H3,(H2,17,19). The number of aromatic hydroxyl groups is 1. The van der Waals surface area contributed by atoms with E-state index in [9.17, 15) is 14.7 Å². The lowest BCUT2D eigenvalue weighted by atomic mass is 10.0. The first kappa shape index (κ1) is 17.0. The van der Waals surface area contributed by atoms with Crippen LogP contribution in [0.1, 0.15) is 55.5 Å². The summed E-state index contributed by atoms with van der Waals surface area (Å²) < 4.78 is 5.66. The van der Waals surface area contributed by atoms with Crippen LogP contribution in [0.5, 0.6) is 11.5 Å². The van der Waals surface area contributed by atoms with Gasteiger partial charge in [0.2, 0.25) is 5.91 Å². The van der Waals surface area contributed by atoms with Crippen LogP contribution >= 0.6 is 0 Å². The van der Waals surface area contributed by atoms with Gasteiger partial charge in [-0.15, -0.1) is 0 Å². The molecule has 1 aromatic carbocycles. The van der Waals surface area contributed by atoms with Gasteiger partial charge in [0, 0.05) is 12.0 Å². The number of phenols is 1. The molecule has 0 aliphatic heterocycles. The number of carbonyl (C=O) groups is 2. The average molecular weight is 293 g/mol. The third-order valence-corrected chi connectivity index (χ3v) is 3.19. The highest BCUT2D eigenvalue weighted by Crippen LogP contribution is 2.33. The van der Waals surface area contributed by atoms with Crippen molar-refractivity contribution in [2.45, 2.75) is 46.0 Å². The van der Waals surface area contributed by atoms with Crippen molar-refractivity contribution in [2.24, 2.45) is 5.73 Å². The molecule has 0 spiro atoms. The fraction of sp³-hybridized carbons (Fsp3) is 0.500. The Morgan fingerprint density at radius 3 is 2.57 bits per heavy atom. The third-order valence-electron chi connectivity index (χ3n) is 3.19. The number of amides is 1. The lowest BCUT2D eigenvalue weighted by molar-refractivity contribution is -0.118. The van der Waals surface area contributed by atoms with Crippen molar-refractivity contribution < 1.29 is 19.4 Å². The van der Waals surface area contributed by atoms with E-state index in [1.165, 1.54) is 6.92 Å². The topological polar surface area (TPSA) is 89.6 Å². The number of Topliss-reactive ketones (excluding diaryl/α,β-unsaturated/α-hetero) is 1. The number of ketones is 1. The summed E-state index contributed by atoms with van der Waals surface area (Å²) in [7, 11) is 0. The zero-order valence-corrected chi connectivity index (χ0v) is 12.6. The molecule has 3 N–H and O–H groups in total. The van der Waals surface area contributed by atoms with Crippen LogP contribution in [-0.2, 0) is 11.2 Å². The minimum atomic E-state index is -0.315. The van der Waals surface area contributed by atoms with Gasteiger partial charge in [0.25, 0.3) is 0 Å². The van der Waals surface area contributed by atoms with Crippen LogP contribution in [0, 0.1) is 0 Å². The predicted octanol–water partition coefficient (Wildman–Crippen LogP) is 2.58. The Morgan fingerprint density at radius 1 is 1.29 bits per heavy atom. The minimum Gasteiger partial charge on any atom is -0.507 e. The third kappa shape index (κ3) is 5.10. The molecule has 21 heavy (non-hydrogen) atoms. The normalized spacial score (nSPS) is 10.4. The summed E-state index contributed by atoms with van der Waals surface area (Å²) in [5.41, 5.74) is 6.06. The number of benzene rings is 1. The number of ether oxygens (including phenoxy) is 1. The highest BCUT2D eigenvalue weighted by atomic mass is 16.5. The summed E-state index contributed by atoms with van der Waals surface area (Å²) >= 11 is 0. The molecule has 0 aliphatic rings. The van der Waals surface area contributed by atoms with E-state index in [1.54, 1.807) is 12.1 Å². The number of phenolic OH excluding ortho intramolecular Hbond substituents is 1. The maximum absolute atomic E-state index is 11.5. The van der Waals surface area contributed by atoms with Crippen molar-refractivity contribution in [3.05, 3.63) is 23.3 Å². The first-order valence-corrected chi connectivity index (χ1v) is 7.24. The van der Waals surface area contributed by atoms with Gasteiger partial charge in [0.1, 0.15) is 11.5 Å². The maximum Gasteiger partial charge on any atom is 0.217 e. The van der Waals surface area contributed by atoms with Crippen LogP contribution in [0.4, 0.5) is 0 Å². The fourth-order valence-corrected chi connectivity index (χ4v) is 2.11. The van der Waals surface area contributed by atoms with E-state index in [1.807, 2.05) is 6.92 Å². The average Bonchev–Trinajstić information content (AvgIpc) is 2.41. The molecule has 0 heterocycles. The Labute approximate surface area is 125 Å². The van der Waals surface area contributed by atoms with Crippen molar-refractivity contribution in [3.63, 3.8) is 0 Å². The van der Waals surface area contributed by atoms with Gasteiger partial charge in [-0.1, -0.05) is 13.3 Å². The lowest BCUT2D eigenvalue weighted by Gasteiger charge is -2.14. The van der Waals surface area contributed by atoms with Crippen LogP contribution in [-0.4, -0.2) is 23.4 Å². The molecule has 0 saturated carbocycles. The van der Waals surface area contributed by atoms with Crippen molar-refractivity contribution in [1.82, 2.24) is 0 Å². The second-order valence-electron chi connectivity index (χ2n) is 5.02. The molecule has 0 atom stereocenters. The van der Waals surface area contributed by atoms with E-state index < -0.39 is 0 Å². The molecule has 0 aromatic heterocycles. The molecular weight excluding hydrogens is 270 g/mol. The number of unbranched alkanes of at least 4 members (excludes halogenated alkanes) is 1. The van der Waals surface area contributed by atoms with Crippen molar-refractivity contribution in [2.75, 3.05) is 6.61 Å². The van der Waals surface area contributed by atoms with Crippen LogP contribution in [0.3, 0.4) is 0 Å². The SMILES string of the molecule is CCCc1c(OCCCCC(N)=O)ccc(C(C)=O)c1O. The molecule has 1 amide bonds. The number of nitrogens with two attached hydrogens (primary N) is 1. The van der Waals surface area contributed by atoms with Gasteiger partial charge in [-0.25, -0.2) is 0 Å². The van der Waals surface area contributed by atoms with Crippen LogP contribution in [0.2, 0.25) is 0 Å². The number of hydrogen-bond acceptors (Lipinski definition) is 4. The number of carbonyl (C=O) groups excluding carboxylic acids is 2. The molecule has 0 aliphatic carbocycles. The van der Waals surface area contributed by atoms with Gasteiger partial charge in [-0.05, 0) is 38.3 Å². The molecule has 1 aromatic rings. The summed E-state index contributed by atoms with van der Waals surface area (Å²) in [5, 5.41) is 10.2. The molecular formula is C16H23NO4. The summed E-state index contributed by atoms with van der Waals surface area (Å²) in [6.45, 7) is 3.87. The van der Waals surface area contributed by atoms with E-state index in [0.717, 1.165) is 6.42 Å². The molecule has 0 bridgehead atoms. The van der Waals surface area contributed by atoms with Crippen molar-refractivity contribution >= 4 is 11.7 Å². The maximum atomic E-state index is 11.5. The molecule has 5 nitrogen and oxygen atoms in total. The zero-order valence-electron chi connectivity index (χ0n) is 12.6. The molecule has 1 rings (SSSR count). The lowest BCUT2D eigenvalue weighted by Crippen LogP contribution is -2.10. The smallest absolute Gasteiger partial charge is 0.217 e. The highest BCUT2D eigenvalue weighted by Gasteiger charge is 2.15. The van der Waals surface area contributed by atoms with Crippen LogP contribution < -0.4 is 10.5 Å². The number of hydrogen-bond donors (Lipinski definition) is 2. The van der Waals surface area contributed by atoms with E-state index in [2.05, 4.69) is 0 Å². The largest absolute Gasteiger partial charge is 0.507 e. The van der Waals surface area contributed by atoms with Gasteiger partial charge in [-0.3, -0.25) is 9.59 Å². The number of rotatable bonds is 9. The summed E-state index contributed by atoms with van der Waals surface area (Å²) in [5.74, 6) is 0.125. The summed E-state index contributed by atoms with van der Waals surface area (Å²) in [6.07, 6.45) is 3.22. The summed E-state index contributed by atoms with van der Waals surface area (Å²) in [6, 6.07) is 3.30. The van der Waals surface area contributed by atoms with E-state index >= 15 is 0 Å². The second-order valence-corrected chi connectivity index (χ2v) is 5.02. The van der Waals surface area contributed by atoms with Gasteiger partial charge in [0.15, 0.2) is 5.78 Å². The van der Waals surface area contributed by atoms with Crippen molar-refractivity contribution in [3.8, 4) is 11.5 Å². The quantitative estimate of drug-likeness (QED) is 0.541. The fourth-order valence-electron chi connectivity index (χ4n) is 2.11. The molecule has 5 heteroatoms. The summed E-state index contributed by atoms with van der Waals surface area (Å²) in [4.78, 5) is 22.1. The zero-order chi connectivity index (χ0) is 15.8. The molecule has 0 fully saturated rings. The monoisotopic (exact) mass is 293 g/mol. The van der Waals surface area contributed by atoms with Crippen molar-refractivity contribution in [1.29, 1.82) is 0 Å². The first-order chi connectivity index (χ1) is 9.97. The van der Waals surface area contributed by atoms with Gasteiger partial charge in [0.05, 0.1) is 12.2 Å². The van der Waals surface area contributed by atoms with Crippen LogP contribution in [0.15, 0.2) is 12.1 Å². The van der Waals surface area contributed by atoms with Gasteiger partial charge in [-0.2, -0.15) is 0 Å². The Morgan fingerprint density at radius 2 is 2.00 bits per heavy atom. The first-order valence-electron chi connectivity index (χ1n) is 7.24. The minimum absolute atomic E-state index is 0.0129. The molecule has 0 radical (unpaired) electrons. The van der Waals surface area contributed by atoms with E-state index in [-0.39, 0.29) is 17.4 Å². The van der Waals surface area contributed by atoms with E-state index in [4.69, 9.17) is 10.5 Å².